The minimum Gasteiger partial charge on any atom is -0.339 e. The van der Waals surface area contributed by atoms with Crippen LogP contribution in [0.1, 0.15) is 23.1 Å². The van der Waals surface area contributed by atoms with Gasteiger partial charge in [0.05, 0.1) is 6.20 Å². The molecule has 48 heavy (non-hydrogen) atoms. The highest BCUT2D eigenvalue weighted by Crippen LogP contribution is 2.28. The molecule has 0 amide bonds. The van der Waals surface area contributed by atoms with E-state index in [2.05, 4.69) is 67.6 Å². The Hall–Kier alpha value is -4.29. The molecule has 0 aliphatic carbocycles. The molecule has 1 atom stereocenters. The average molecular weight is 713 g/mol. The van der Waals surface area contributed by atoms with Crippen LogP contribution in [0.2, 0.25) is 5.02 Å². The summed E-state index contributed by atoms with van der Waals surface area (Å²) < 4.78 is 98.2. The van der Waals surface area contributed by atoms with Gasteiger partial charge in [-0.15, -0.1) is 0 Å². The summed E-state index contributed by atoms with van der Waals surface area (Å²) in [6.07, 6.45) is -12.5. The maximum atomic E-state index is 11.2. The molecule has 6 bridgehead atoms. The molecule has 2 aliphatic heterocycles. The third-order valence-electron chi connectivity index (χ3n) is 6.58. The molecule has 0 spiro atoms. The average Bonchev–Trinajstić information content (AvgIpc) is 3.53. The van der Waals surface area contributed by atoms with Gasteiger partial charge in [-0.1, -0.05) is 29.8 Å². The number of benzene rings is 2. The van der Waals surface area contributed by atoms with Gasteiger partial charge in [-0.2, -0.15) is 44.5 Å². The van der Waals surface area contributed by atoms with Gasteiger partial charge in [0.1, 0.15) is 5.02 Å². The number of ketones is 2. The minimum absolute atomic E-state index is 0.491. The maximum absolute atomic E-state index is 11.2. The van der Waals surface area contributed by atoms with E-state index in [9.17, 15) is 49.1 Å². The number of aromatic nitrogens is 2. The summed E-state index contributed by atoms with van der Waals surface area (Å²) in [5.41, 5.74) is 5.91. The van der Waals surface area contributed by atoms with Gasteiger partial charge in [0.15, 0.2) is 5.82 Å². The number of hydrogen-bond donors (Lipinski definition) is 4. The van der Waals surface area contributed by atoms with Gasteiger partial charge in [0.25, 0.3) is 0 Å². The highest BCUT2D eigenvalue weighted by Gasteiger charge is 2.54. The van der Waals surface area contributed by atoms with E-state index in [1.54, 1.807) is 6.20 Å². The molecule has 0 radical (unpaired) electrons. The lowest BCUT2D eigenvalue weighted by Gasteiger charge is -2.16. The number of aldehydes is 1. The molecule has 3 aromatic rings. The zero-order valence-corrected chi connectivity index (χ0v) is 25.2. The van der Waals surface area contributed by atoms with E-state index >= 15 is 0 Å². The summed E-state index contributed by atoms with van der Waals surface area (Å²) in [6, 6.07) is 15.5. The standard InChI is InChI=1S/C23H25ClN6.C4F6O2.C2HF3O/c24-21-14-27-23-29-18-3-1-2-15(10-18)4-5-16-11-19(28-22(21)30-23)7-6-17(16)12-26-20-8-9-25-13-20;5-3(6,7)1(11)2(12)4(8,9)10;3-2(4,5)1-6/h1-3,6-7,10-11,14,20,25-26H,4-5,8-9,12-13H2,(H2,27,28,29,30);;1H/t20-;;/m1../s1. The number of hydrogen-bond acceptors (Lipinski definition) is 9. The number of Topliss-reactive ketones (excluding diaryl/α,β-unsaturated/α-hetero) is 2. The predicted molar refractivity (Wildman–Crippen MR) is 156 cm³/mol. The van der Waals surface area contributed by atoms with Crippen LogP contribution in [-0.2, 0) is 33.8 Å². The Morgan fingerprint density at radius 3 is 2.15 bits per heavy atom. The zero-order chi connectivity index (χ0) is 35.7. The van der Waals surface area contributed by atoms with Gasteiger partial charge < -0.3 is 21.3 Å². The highest BCUT2D eigenvalue weighted by atomic mass is 35.5. The van der Waals surface area contributed by atoms with Crippen molar-refractivity contribution in [2.24, 2.45) is 0 Å². The second-order valence-electron chi connectivity index (χ2n) is 10.2. The summed E-state index contributed by atoms with van der Waals surface area (Å²) in [5, 5.41) is 14.3. The first-order valence-corrected chi connectivity index (χ1v) is 14.2. The van der Waals surface area contributed by atoms with Gasteiger partial charge in [0.2, 0.25) is 12.2 Å². The van der Waals surface area contributed by atoms with Crippen molar-refractivity contribution in [2.75, 3.05) is 23.7 Å². The Balaban J connectivity index is 0.000000289. The summed E-state index contributed by atoms with van der Waals surface area (Å²) in [4.78, 5) is 36.8. The second-order valence-corrected chi connectivity index (χ2v) is 10.6. The van der Waals surface area contributed by atoms with Crippen LogP contribution < -0.4 is 21.3 Å². The lowest BCUT2D eigenvalue weighted by molar-refractivity contribution is -0.193. The molecule has 3 heterocycles. The van der Waals surface area contributed by atoms with Crippen molar-refractivity contribution in [1.29, 1.82) is 0 Å². The Morgan fingerprint density at radius 2 is 1.56 bits per heavy atom. The van der Waals surface area contributed by atoms with Crippen LogP contribution in [0.5, 0.6) is 0 Å². The Morgan fingerprint density at radius 1 is 0.917 bits per heavy atom. The Labute approximate surface area is 271 Å². The van der Waals surface area contributed by atoms with E-state index in [4.69, 9.17) is 16.4 Å². The number of rotatable bonds is 4. The fourth-order valence-corrected chi connectivity index (χ4v) is 4.45. The van der Waals surface area contributed by atoms with Gasteiger partial charge >= 0.3 is 30.1 Å². The predicted octanol–water partition coefficient (Wildman–Crippen LogP) is 6.16. The molecule has 1 aromatic heterocycles. The number of carbonyl (C=O) groups excluding carboxylic acids is 3. The lowest BCUT2D eigenvalue weighted by Crippen LogP contribution is -2.39. The van der Waals surface area contributed by atoms with Crippen molar-refractivity contribution >= 4 is 52.6 Å². The van der Waals surface area contributed by atoms with E-state index in [0.717, 1.165) is 43.9 Å². The van der Waals surface area contributed by atoms with Gasteiger partial charge in [-0.3, -0.25) is 14.4 Å². The molecule has 4 N–H and O–H groups in total. The molecule has 0 saturated carbocycles. The molecule has 1 fully saturated rings. The van der Waals surface area contributed by atoms with Gasteiger partial charge in [-0.05, 0) is 66.8 Å². The second kappa shape index (κ2) is 16.2. The molecular formula is C29H26ClF9N6O3. The fourth-order valence-electron chi connectivity index (χ4n) is 4.31. The van der Waals surface area contributed by atoms with E-state index in [0.29, 0.717) is 22.8 Å². The van der Waals surface area contributed by atoms with Crippen molar-refractivity contribution in [2.45, 2.75) is 50.4 Å². The highest BCUT2D eigenvalue weighted by molar-refractivity contribution is 6.41. The first kappa shape index (κ1) is 38.2. The summed E-state index contributed by atoms with van der Waals surface area (Å²) in [6.45, 7) is 3.02. The van der Waals surface area contributed by atoms with Crippen molar-refractivity contribution < 1.29 is 53.9 Å². The molecule has 19 heteroatoms. The van der Waals surface area contributed by atoms with Crippen LogP contribution in [0.3, 0.4) is 0 Å². The largest absolute Gasteiger partial charge is 0.458 e. The number of anilines is 4. The van der Waals surface area contributed by atoms with E-state index in [1.807, 2.05) is 6.07 Å². The first-order chi connectivity index (χ1) is 22.4. The number of fused-ring (bicyclic) bond motifs is 6. The minimum atomic E-state index is -5.77. The maximum Gasteiger partial charge on any atom is 0.458 e. The smallest absolute Gasteiger partial charge is 0.339 e. The number of carbonyl (C=O) groups is 3. The quantitative estimate of drug-likeness (QED) is 0.143. The molecule has 5 rings (SSSR count). The number of aryl methyl sites for hydroxylation is 2. The van der Waals surface area contributed by atoms with Crippen molar-refractivity contribution in [1.82, 2.24) is 20.6 Å². The summed E-state index contributed by atoms with van der Waals surface area (Å²) in [7, 11) is 0. The van der Waals surface area contributed by atoms with Crippen LogP contribution in [0.15, 0.2) is 48.7 Å². The molecule has 260 valence electrons. The molecule has 2 aliphatic rings. The van der Waals surface area contributed by atoms with Crippen LogP contribution >= 0.6 is 11.6 Å². The van der Waals surface area contributed by atoms with Crippen LogP contribution in [0.4, 0.5) is 62.7 Å². The Kier molecular flexibility index (Phi) is 12.9. The van der Waals surface area contributed by atoms with Crippen molar-refractivity contribution in [3.05, 3.63) is 70.4 Å². The van der Waals surface area contributed by atoms with E-state index < -0.39 is 36.4 Å². The monoisotopic (exact) mass is 712 g/mol. The number of nitrogens with zero attached hydrogens (tertiary/aromatic N) is 2. The van der Waals surface area contributed by atoms with E-state index in [1.165, 1.54) is 23.1 Å². The van der Waals surface area contributed by atoms with Crippen molar-refractivity contribution in [3.63, 3.8) is 0 Å². The van der Waals surface area contributed by atoms with Gasteiger partial charge in [0, 0.05) is 30.5 Å². The molecular weight excluding hydrogens is 687 g/mol. The zero-order valence-electron chi connectivity index (χ0n) is 24.4. The Bertz CT molecular complexity index is 1570. The third-order valence-corrected chi connectivity index (χ3v) is 6.85. The number of nitrogens with one attached hydrogen (secondary N) is 4. The normalized spacial score (nSPS) is 15.8. The lowest BCUT2D eigenvalue weighted by atomic mass is 9.98. The number of alkyl halides is 9. The van der Waals surface area contributed by atoms with Crippen LogP contribution in [0, 0.1) is 0 Å². The van der Waals surface area contributed by atoms with Crippen LogP contribution in [-0.4, -0.2) is 65.5 Å². The van der Waals surface area contributed by atoms with Crippen molar-refractivity contribution in [3.8, 4) is 0 Å². The first-order valence-electron chi connectivity index (χ1n) is 13.8. The molecule has 2 aromatic carbocycles. The van der Waals surface area contributed by atoms with E-state index in [-0.39, 0.29) is 0 Å². The summed E-state index contributed by atoms with van der Waals surface area (Å²) in [5.74, 6) is -5.70. The number of halogens is 10. The molecule has 9 nitrogen and oxygen atoms in total. The molecule has 0 unspecified atom stereocenters. The molecule has 1 saturated heterocycles. The fraction of sp³-hybridized carbons (Fsp3) is 0.345. The third kappa shape index (κ3) is 12.1. The SMILES string of the molecule is Clc1cnc2nc1Nc1ccc(CN[C@@H]3CCNC3)c(c1)CCc1cccc(c1)N2.O=C(C(=O)C(F)(F)F)C(F)(F)F.O=CC(F)(F)F. The van der Waals surface area contributed by atoms with Gasteiger partial charge in [-0.25, -0.2) is 4.98 Å². The van der Waals surface area contributed by atoms with Crippen LogP contribution in [0.25, 0.3) is 0 Å². The topological polar surface area (TPSA) is 125 Å². The summed E-state index contributed by atoms with van der Waals surface area (Å²) >= 11 is 6.36.